The standard InChI is InChI=1S/C45H49F12N7S2/c1-2-3-4-5-6-13-18-58-39(59-27-37(19-29-14-9-7-10-15-29)63-40(65)61-35-23-31(42(46,47)48)21-32(24-35)43(49,50)51)60-28-38(20-30-16-11-8-12-17-30)64-41(66)62-36-25-33(44(52,53)54)22-34(26-36)45(55,56)57/h7-12,14-17,21-26,37-38H,2-6,13,18-20,27-28H2,1H3,(H2,58,59,60)(H2,61,63,65)(H2,62,64,66)/t37-,38-/m0/s1. The minimum atomic E-state index is -5.08. The first-order valence-corrected chi connectivity index (χ1v) is 21.6. The molecule has 0 spiro atoms. The van der Waals surface area contributed by atoms with Crippen LogP contribution < -0.4 is 31.9 Å². The quantitative estimate of drug-likeness (QED) is 0.0182. The van der Waals surface area contributed by atoms with E-state index in [4.69, 9.17) is 29.4 Å². The summed E-state index contributed by atoms with van der Waals surface area (Å²) in [7, 11) is 0. The van der Waals surface area contributed by atoms with Crippen LogP contribution in [0.2, 0.25) is 0 Å². The van der Waals surface area contributed by atoms with Gasteiger partial charge in [0.1, 0.15) is 0 Å². The molecule has 0 aliphatic rings. The molecule has 4 rings (SSSR count). The molecule has 66 heavy (non-hydrogen) atoms. The monoisotopic (exact) mass is 979 g/mol. The van der Waals surface area contributed by atoms with Crippen molar-refractivity contribution in [3.8, 4) is 0 Å². The van der Waals surface area contributed by atoms with E-state index in [-0.39, 0.29) is 54.2 Å². The third kappa shape index (κ3) is 18.9. The van der Waals surface area contributed by atoms with Gasteiger partial charge in [0.2, 0.25) is 0 Å². The number of unbranched alkanes of at least 4 members (excludes halogenated alkanes) is 5. The fourth-order valence-corrected chi connectivity index (χ4v) is 7.17. The SMILES string of the molecule is CCCCCCCCNC(=NC[C@H](Cc1ccccc1)NC(=S)Nc1cc(C(F)(F)F)cc(C(F)(F)F)c1)NC[C@H](Cc1ccccc1)NC(=S)Nc1cc(C(F)(F)F)cc(C(F)(F)F)c1. The van der Waals surface area contributed by atoms with Crippen molar-refractivity contribution in [1.29, 1.82) is 0 Å². The largest absolute Gasteiger partial charge is 0.416 e. The van der Waals surface area contributed by atoms with Gasteiger partial charge in [-0.2, -0.15) is 52.7 Å². The van der Waals surface area contributed by atoms with Crippen molar-refractivity contribution in [3.63, 3.8) is 0 Å². The summed E-state index contributed by atoms with van der Waals surface area (Å²) < 4.78 is 163. The lowest BCUT2D eigenvalue weighted by Gasteiger charge is -2.24. The maximum atomic E-state index is 13.6. The van der Waals surface area contributed by atoms with E-state index >= 15 is 0 Å². The van der Waals surface area contributed by atoms with Gasteiger partial charge in [-0.1, -0.05) is 99.7 Å². The predicted octanol–water partition coefficient (Wildman–Crippen LogP) is 12.2. The van der Waals surface area contributed by atoms with Gasteiger partial charge in [0.15, 0.2) is 16.2 Å². The number of hydrogen-bond acceptors (Lipinski definition) is 3. The van der Waals surface area contributed by atoms with Gasteiger partial charge >= 0.3 is 24.7 Å². The highest BCUT2D eigenvalue weighted by Gasteiger charge is 2.38. The van der Waals surface area contributed by atoms with Crippen LogP contribution in [0, 0.1) is 0 Å². The van der Waals surface area contributed by atoms with Crippen LogP contribution in [0.1, 0.15) is 78.8 Å². The molecule has 0 aliphatic heterocycles. The number of anilines is 2. The Morgan fingerprint density at radius 2 is 0.909 bits per heavy atom. The summed E-state index contributed by atoms with van der Waals surface area (Å²) in [6.07, 6.45) is -13.9. The number of aliphatic imine (C=N–C) groups is 1. The second-order valence-electron chi connectivity index (χ2n) is 15.3. The Morgan fingerprint density at radius 3 is 1.33 bits per heavy atom. The van der Waals surface area contributed by atoms with Crippen molar-refractivity contribution >= 4 is 52.0 Å². The van der Waals surface area contributed by atoms with E-state index < -0.39 is 70.4 Å². The topological polar surface area (TPSA) is 84.5 Å². The van der Waals surface area contributed by atoms with Gasteiger partial charge in [0.25, 0.3) is 0 Å². The first kappa shape index (κ1) is 53.3. The summed E-state index contributed by atoms with van der Waals surface area (Å²) in [4.78, 5) is 4.77. The van der Waals surface area contributed by atoms with Gasteiger partial charge in [-0.15, -0.1) is 0 Å². The van der Waals surface area contributed by atoms with E-state index in [0.29, 0.717) is 30.8 Å². The van der Waals surface area contributed by atoms with E-state index in [0.717, 1.165) is 49.7 Å². The van der Waals surface area contributed by atoms with Gasteiger partial charge < -0.3 is 31.9 Å². The van der Waals surface area contributed by atoms with Crippen molar-refractivity contribution < 1.29 is 52.7 Å². The van der Waals surface area contributed by atoms with Crippen molar-refractivity contribution in [2.24, 2.45) is 4.99 Å². The second-order valence-corrected chi connectivity index (χ2v) is 16.1. The number of benzene rings is 4. The fourth-order valence-electron chi connectivity index (χ4n) is 6.60. The van der Waals surface area contributed by atoms with Crippen LogP contribution in [0.5, 0.6) is 0 Å². The third-order valence-electron chi connectivity index (χ3n) is 9.82. The molecule has 360 valence electrons. The average molecular weight is 980 g/mol. The Labute approximate surface area is 385 Å². The lowest BCUT2D eigenvalue weighted by molar-refractivity contribution is -0.144. The summed E-state index contributed by atoms with van der Waals surface area (Å²) in [6, 6.07) is 18.8. The maximum absolute atomic E-state index is 13.6. The summed E-state index contributed by atoms with van der Waals surface area (Å²) in [6.45, 7) is 2.60. The number of alkyl halides is 12. The Bertz CT molecular complexity index is 2120. The molecule has 0 aromatic heterocycles. The van der Waals surface area contributed by atoms with Crippen molar-refractivity contribution in [1.82, 2.24) is 21.3 Å². The zero-order chi connectivity index (χ0) is 48.5. The number of nitrogens with zero attached hydrogens (tertiary/aromatic N) is 1. The van der Waals surface area contributed by atoms with Gasteiger partial charge in [-0.05, 0) is 91.2 Å². The Hall–Kier alpha value is -5.31. The molecule has 0 heterocycles. The summed E-state index contributed by atoms with van der Waals surface area (Å²) in [5.41, 5.74) is -5.56. The predicted molar refractivity (Wildman–Crippen MR) is 241 cm³/mol. The maximum Gasteiger partial charge on any atom is 0.416 e. The molecule has 4 aromatic carbocycles. The van der Waals surface area contributed by atoms with Gasteiger partial charge in [-0.25, -0.2) is 0 Å². The Morgan fingerprint density at radius 1 is 0.515 bits per heavy atom. The zero-order valence-electron chi connectivity index (χ0n) is 35.5. The molecular formula is C45H49F12N7S2. The smallest absolute Gasteiger partial charge is 0.358 e. The molecule has 0 bridgehead atoms. The highest BCUT2D eigenvalue weighted by atomic mass is 32.1. The number of thiocarbonyl (C=S) groups is 2. The lowest BCUT2D eigenvalue weighted by Crippen LogP contribution is -2.49. The van der Waals surface area contributed by atoms with Gasteiger partial charge in [-0.3, -0.25) is 4.99 Å². The average Bonchev–Trinajstić information content (AvgIpc) is 3.23. The highest BCUT2D eigenvalue weighted by Crippen LogP contribution is 2.39. The molecule has 0 unspecified atom stereocenters. The third-order valence-corrected chi connectivity index (χ3v) is 10.3. The molecule has 21 heteroatoms. The first-order valence-electron chi connectivity index (χ1n) is 20.8. The van der Waals surface area contributed by atoms with Gasteiger partial charge in [0, 0.05) is 30.5 Å². The molecule has 7 nitrogen and oxygen atoms in total. The van der Waals surface area contributed by atoms with E-state index in [1.165, 1.54) is 0 Å². The Kier molecular flexibility index (Phi) is 19.8. The van der Waals surface area contributed by atoms with E-state index in [9.17, 15) is 52.7 Å². The Balaban J connectivity index is 1.59. The highest BCUT2D eigenvalue weighted by molar-refractivity contribution is 7.80. The van der Waals surface area contributed by atoms with E-state index in [2.05, 4.69) is 38.8 Å². The van der Waals surface area contributed by atoms with Crippen molar-refractivity contribution in [3.05, 3.63) is 130 Å². The van der Waals surface area contributed by atoms with Crippen LogP contribution in [0.3, 0.4) is 0 Å². The number of halogens is 12. The molecule has 0 saturated carbocycles. The summed E-state index contributed by atoms with van der Waals surface area (Å²) >= 11 is 10.8. The van der Waals surface area contributed by atoms with Crippen LogP contribution in [0.4, 0.5) is 64.1 Å². The molecule has 4 aromatic rings. The number of rotatable bonds is 19. The molecule has 0 radical (unpaired) electrons. The van der Waals surface area contributed by atoms with Crippen LogP contribution in [-0.4, -0.2) is 47.9 Å². The fraction of sp³-hybridized carbons (Fsp3) is 0.400. The minimum absolute atomic E-state index is 0.00864. The van der Waals surface area contributed by atoms with Gasteiger partial charge in [0.05, 0.1) is 34.8 Å². The normalized spacial score (nSPS) is 13.4. The molecule has 0 saturated heterocycles. The van der Waals surface area contributed by atoms with Crippen LogP contribution in [0.25, 0.3) is 0 Å². The van der Waals surface area contributed by atoms with Crippen molar-refractivity contribution in [2.45, 2.75) is 95.1 Å². The second kappa shape index (κ2) is 24.5. The number of hydrogen-bond donors (Lipinski definition) is 6. The summed E-state index contributed by atoms with van der Waals surface area (Å²) in [5, 5.41) is 16.9. The molecule has 0 amide bonds. The van der Waals surface area contributed by atoms with Crippen molar-refractivity contribution in [2.75, 3.05) is 30.3 Å². The minimum Gasteiger partial charge on any atom is -0.358 e. The molecular weight excluding hydrogens is 931 g/mol. The number of nitrogens with one attached hydrogen (secondary N) is 6. The lowest BCUT2D eigenvalue weighted by atomic mass is 10.1. The molecule has 0 fully saturated rings. The van der Waals surface area contributed by atoms with E-state index in [1.54, 1.807) is 36.4 Å². The molecule has 6 N–H and O–H groups in total. The van der Waals surface area contributed by atoms with Crippen LogP contribution in [-0.2, 0) is 37.5 Å². The molecule has 2 atom stereocenters. The van der Waals surface area contributed by atoms with Crippen LogP contribution >= 0.6 is 24.4 Å². The van der Waals surface area contributed by atoms with Crippen LogP contribution in [0.15, 0.2) is 102 Å². The summed E-state index contributed by atoms with van der Waals surface area (Å²) in [5.74, 6) is 0.279. The van der Waals surface area contributed by atoms with E-state index in [1.807, 2.05) is 24.3 Å². The molecule has 0 aliphatic carbocycles. The number of guanidine groups is 1. The zero-order valence-corrected chi connectivity index (χ0v) is 37.1. The first-order chi connectivity index (χ1) is 31.0.